The lowest BCUT2D eigenvalue weighted by Gasteiger charge is -2.28. The summed E-state index contributed by atoms with van der Waals surface area (Å²) in [6.07, 6.45) is 2.35. The molecule has 2 aromatic heterocycles. The van der Waals surface area contributed by atoms with Crippen molar-refractivity contribution in [3.63, 3.8) is 0 Å². The van der Waals surface area contributed by atoms with Crippen molar-refractivity contribution in [3.8, 4) is 0 Å². The van der Waals surface area contributed by atoms with Gasteiger partial charge in [-0.1, -0.05) is 0 Å². The summed E-state index contributed by atoms with van der Waals surface area (Å²) in [5, 5.41) is 0. The zero-order valence-corrected chi connectivity index (χ0v) is 12.3. The third kappa shape index (κ3) is 1.87. The lowest BCUT2D eigenvalue weighted by molar-refractivity contribution is -0.149. The first-order valence-corrected chi connectivity index (χ1v) is 6.87. The van der Waals surface area contributed by atoms with Crippen LogP contribution in [0.2, 0.25) is 0 Å². The molecule has 0 saturated carbocycles. The molecular weight excluding hydrogens is 326 g/mol. The molecule has 1 fully saturated rings. The first-order chi connectivity index (χ1) is 9.49. The van der Waals surface area contributed by atoms with E-state index in [2.05, 4.69) is 25.9 Å². The van der Waals surface area contributed by atoms with E-state index >= 15 is 0 Å². The van der Waals surface area contributed by atoms with Gasteiger partial charge in [0.1, 0.15) is 11.6 Å². The average Bonchev–Trinajstić information content (AvgIpc) is 2.72. The maximum Gasteiger partial charge on any atom is 0.252 e. The highest BCUT2D eigenvalue weighted by Crippen LogP contribution is 2.29. The van der Waals surface area contributed by atoms with Crippen LogP contribution in [-0.2, 0) is 9.59 Å². The van der Waals surface area contributed by atoms with Crippen molar-refractivity contribution in [3.05, 3.63) is 16.7 Å². The molecule has 1 aliphatic rings. The second-order valence-electron chi connectivity index (χ2n) is 4.68. The van der Waals surface area contributed by atoms with E-state index in [1.165, 1.54) is 7.05 Å². The van der Waals surface area contributed by atoms with Crippen LogP contribution in [0.3, 0.4) is 0 Å². The number of imide groups is 1. The van der Waals surface area contributed by atoms with Gasteiger partial charge < -0.3 is 5.73 Å². The summed E-state index contributed by atoms with van der Waals surface area (Å²) in [7, 11) is 1.48. The van der Waals surface area contributed by atoms with Crippen molar-refractivity contribution in [1.29, 1.82) is 0 Å². The van der Waals surface area contributed by atoms with Crippen molar-refractivity contribution in [2.45, 2.75) is 18.9 Å². The maximum atomic E-state index is 12.3. The molecule has 0 aromatic carbocycles. The van der Waals surface area contributed by atoms with Gasteiger partial charge in [-0.25, -0.2) is 9.97 Å². The van der Waals surface area contributed by atoms with Crippen LogP contribution in [0.4, 0.5) is 5.95 Å². The molecule has 2 N–H and O–H groups in total. The SMILES string of the molecule is CN1C(=O)CCC(n2c(N)nc3cc(Br)cnc32)C1=O. The van der Waals surface area contributed by atoms with Crippen molar-refractivity contribution in [2.75, 3.05) is 12.8 Å². The van der Waals surface area contributed by atoms with E-state index in [9.17, 15) is 9.59 Å². The second-order valence-corrected chi connectivity index (χ2v) is 5.60. The number of amides is 2. The smallest absolute Gasteiger partial charge is 0.252 e. The summed E-state index contributed by atoms with van der Waals surface area (Å²) in [5.74, 6) is -0.228. The second kappa shape index (κ2) is 4.55. The van der Waals surface area contributed by atoms with Gasteiger partial charge in [0.25, 0.3) is 5.91 Å². The number of imidazole rings is 1. The highest BCUT2D eigenvalue weighted by Gasteiger charge is 2.35. The molecule has 1 unspecified atom stereocenters. The minimum Gasteiger partial charge on any atom is -0.369 e. The Morgan fingerprint density at radius 2 is 2.20 bits per heavy atom. The Kier molecular flexibility index (Phi) is 2.97. The van der Waals surface area contributed by atoms with Crippen LogP contribution in [0.5, 0.6) is 0 Å². The molecule has 2 amide bonds. The molecule has 3 heterocycles. The standard InChI is InChI=1S/C12H12BrN5O2/c1-17-9(19)3-2-8(11(17)20)18-10-7(16-12(18)14)4-6(13)5-15-10/h4-5,8H,2-3H2,1H3,(H2,14,16). The predicted molar refractivity (Wildman–Crippen MR) is 75.7 cm³/mol. The Bertz CT molecular complexity index is 726. The lowest BCUT2D eigenvalue weighted by Crippen LogP contribution is -2.43. The number of carbonyl (C=O) groups is 2. The van der Waals surface area contributed by atoms with E-state index in [0.29, 0.717) is 24.0 Å². The van der Waals surface area contributed by atoms with E-state index in [-0.39, 0.29) is 17.8 Å². The molecule has 7 nitrogen and oxygen atoms in total. The van der Waals surface area contributed by atoms with Gasteiger partial charge in [-0.2, -0.15) is 0 Å². The fraction of sp³-hybridized carbons (Fsp3) is 0.333. The Balaban J connectivity index is 2.12. The third-order valence-corrected chi connectivity index (χ3v) is 3.89. The number of likely N-dealkylation sites (tertiary alicyclic amines) is 1. The molecule has 0 bridgehead atoms. The van der Waals surface area contributed by atoms with Gasteiger partial charge in [0.05, 0.1) is 0 Å². The van der Waals surface area contributed by atoms with E-state index in [0.717, 1.165) is 9.37 Å². The molecule has 20 heavy (non-hydrogen) atoms. The average molecular weight is 338 g/mol. The number of piperidine rings is 1. The summed E-state index contributed by atoms with van der Waals surface area (Å²) in [5.41, 5.74) is 7.08. The van der Waals surface area contributed by atoms with Crippen LogP contribution in [0.25, 0.3) is 11.2 Å². The van der Waals surface area contributed by atoms with E-state index in [1.54, 1.807) is 16.8 Å². The summed E-state index contributed by atoms with van der Waals surface area (Å²) >= 11 is 3.32. The number of nitrogen functional groups attached to an aromatic ring is 1. The zero-order valence-electron chi connectivity index (χ0n) is 10.7. The van der Waals surface area contributed by atoms with Crippen LogP contribution >= 0.6 is 15.9 Å². The number of likely N-dealkylation sites (N-methyl/N-ethyl adjacent to an activating group) is 1. The van der Waals surface area contributed by atoms with Crippen LogP contribution in [0, 0.1) is 0 Å². The fourth-order valence-corrected chi connectivity index (χ4v) is 2.74. The van der Waals surface area contributed by atoms with Gasteiger partial charge in [0, 0.05) is 24.1 Å². The molecular formula is C12H12BrN5O2. The first-order valence-electron chi connectivity index (χ1n) is 6.08. The van der Waals surface area contributed by atoms with Crippen LogP contribution in [0.1, 0.15) is 18.9 Å². The van der Waals surface area contributed by atoms with E-state index in [4.69, 9.17) is 5.73 Å². The van der Waals surface area contributed by atoms with Gasteiger partial charge in [-0.3, -0.25) is 19.1 Å². The van der Waals surface area contributed by atoms with E-state index < -0.39 is 6.04 Å². The summed E-state index contributed by atoms with van der Waals surface area (Å²) in [6.45, 7) is 0. The molecule has 8 heteroatoms. The number of aromatic nitrogens is 3. The number of fused-ring (bicyclic) bond motifs is 1. The first kappa shape index (κ1) is 13.0. The number of rotatable bonds is 1. The zero-order chi connectivity index (χ0) is 14.4. The van der Waals surface area contributed by atoms with Crippen LogP contribution in [-0.4, -0.2) is 38.3 Å². The normalized spacial score (nSPS) is 19.9. The Hall–Kier alpha value is -1.96. The molecule has 0 spiro atoms. The number of anilines is 1. The number of halogens is 1. The number of nitrogens with two attached hydrogens (primary N) is 1. The maximum absolute atomic E-state index is 12.3. The molecule has 2 aromatic rings. The van der Waals surface area contributed by atoms with Crippen LogP contribution in [0.15, 0.2) is 16.7 Å². The minimum atomic E-state index is -0.531. The predicted octanol–water partition coefficient (Wildman–Crippen LogP) is 1.10. The molecule has 1 aliphatic heterocycles. The van der Waals surface area contributed by atoms with Crippen molar-refractivity contribution >= 4 is 44.9 Å². The number of carbonyl (C=O) groups excluding carboxylic acids is 2. The topological polar surface area (TPSA) is 94.1 Å². The highest BCUT2D eigenvalue weighted by atomic mass is 79.9. The fourth-order valence-electron chi connectivity index (χ4n) is 2.42. The summed E-state index contributed by atoms with van der Waals surface area (Å²) in [4.78, 5) is 33.4. The number of nitrogens with zero attached hydrogens (tertiary/aromatic N) is 4. The number of hydrogen-bond acceptors (Lipinski definition) is 5. The largest absolute Gasteiger partial charge is 0.369 e. The molecule has 0 radical (unpaired) electrons. The monoisotopic (exact) mass is 337 g/mol. The summed E-state index contributed by atoms with van der Waals surface area (Å²) < 4.78 is 2.39. The van der Waals surface area contributed by atoms with E-state index in [1.807, 2.05) is 0 Å². The van der Waals surface area contributed by atoms with Gasteiger partial charge >= 0.3 is 0 Å². The number of hydrogen-bond donors (Lipinski definition) is 1. The van der Waals surface area contributed by atoms with Crippen LogP contribution < -0.4 is 5.73 Å². The molecule has 104 valence electrons. The van der Waals surface area contributed by atoms with Crippen molar-refractivity contribution in [1.82, 2.24) is 19.4 Å². The van der Waals surface area contributed by atoms with Gasteiger partial charge in [0.15, 0.2) is 5.65 Å². The Labute approximate surface area is 122 Å². The van der Waals surface area contributed by atoms with Gasteiger partial charge in [-0.15, -0.1) is 0 Å². The molecule has 3 rings (SSSR count). The Morgan fingerprint density at radius 1 is 1.45 bits per heavy atom. The highest BCUT2D eigenvalue weighted by molar-refractivity contribution is 9.10. The van der Waals surface area contributed by atoms with Crippen molar-refractivity contribution in [2.24, 2.45) is 0 Å². The van der Waals surface area contributed by atoms with Crippen molar-refractivity contribution < 1.29 is 9.59 Å². The molecule has 1 atom stereocenters. The molecule has 0 aliphatic carbocycles. The van der Waals surface area contributed by atoms with Gasteiger partial charge in [0.2, 0.25) is 11.9 Å². The van der Waals surface area contributed by atoms with Gasteiger partial charge in [-0.05, 0) is 28.4 Å². The molecule has 1 saturated heterocycles. The lowest BCUT2D eigenvalue weighted by atomic mass is 10.0. The third-order valence-electron chi connectivity index (χ3n) is 3.46. The summed E-state index contributed by atoms with van der Waals surface area (Å²) in [6, 6.07) is 1.26. The number of pyridine rings is 1. The Morgan fingerprint density at radius 3 is 2.95 bits per heavy atom. The quantitative estimate of drug-likeness (QED) is 0.786. The minimum absolute atomic E-state index is 0.176.